The monoisotopic (exact) mass is 255 g/mol. The molecule has 2 heterocycles. The Labute approximate surface area is 114 Å². The van der Waals surface area contributed by atoms with E-state index in [2.05, 4.69) is 40.5 Å². The second kappa shape index (κ2) is 5.47. The zero-order valence-corrected chi connectivity index (χ0v) is 11.5. The van der Waals surface area contributed by atoms with E-state index in [0.717, 1.165) is 13.0 Å². The molecule has 3 rings (SSSR count). The predicted octanol–water partition coefficient (Wildman–Crippen LogP) is 2.81. The average molecular weight is 255 g/mol. The van der Waals surface area contributed by atoms with Crippen LogP contribution in [0.2, 0.25) is 0 Å². The van der Waals surface area contributed by atoms with E-state index in [1.807, 2.05) is 17.9 Å². The van der Waals surface area contributed by atoms with E-state index in [9.17, 15) is 0 Å². The molecule has 0 atom stereocenters. The fourth-order valence-corrected chi connectivity index (χ4v) is 2.87. The van der Waals surface area contributed by atoms with E-state index >= 15 is 0 Å². The first-order valence-corrected chi connectivity index (χ1v) is 7.13. The molecule has 0 amide bonds. The number of fused-ring (bicyclic) bond motifs is 1. The summed E-state index contributed by atoms with van der Waals surface area (Å²) in [7, 11) is 1.98. The number of para-hydroxylation sites is 1. The molecule has 0 N–H and O–H groups in total. The molecule has 0 spiro atoms. The highest BCUT2D eigenvalue weighted by Crippen LogP contribution is 2.26. The molecule has 1 aromatic carbocycles. The molecule has 2 aromatic rings. The fraction of sp³-hybridized carbons (Fsp3) is 0.438. The third-order valence-corrected chi connectivity index (χ3v) is 3.89. The summed E-state index contributed by atoms with van der Waals surface area (Å²) < 4.78 is 1.88. The van der Waals surface area contributed by atoms with Gasteiger partial charge >= 0.3 is 0 Å². The summed E-state index contributed by atoms with van der Waals surface area (Å²) in [5, 5.41) is 4.24. The highest BCUT2D eigenvalue weighted by atomic mass is 15.2. The lowest BCUT2D eigenvalue weighted by atomic mass is 10.1. The van der Waals surface area contributed by atoms with Crippen molar-refractivity contribution in [3.63, 3.8) is 0 Å². The Morgan fingerprint density at radius 2 is 2.11 bits per heavy atom. The number of aromatic nitrogens is 2. The molecule has 19 heavy (non-hydrogen) atoms. The number of benzene rings is 1. The van der Waals surface area contributed by atoms with Crippen LogP contribution < -0.4 is 4.90 Å². The number of hydrogen-bond acceptors (Lipinski definition) is 2. The van der Waals surface area contributed by atoms with Crippen molar-refractivity contribution in [1.29, 1.82) is 0 Å². The first kappa shape index (κ1) is 12.3. The van der Waals surface area contributed by atoms with Gasteiger partial charge in [-0.3, -0.25) is 4.68 Å². The number of anilines is 1. The van der Waals surface area contributed by atoms with Crippen molar-refractivity contribution in [3.8, 4) is 0 Å². The van der Waals surface area contributed by atoms with Gasteiger partial charge in [0, 0.05) is 32.0 Å². The maximum absolute atomic E-state index is 4.24. The third kappa shape index (κ3) is 2.80. The number of aryl methyl sites for hydroxylation is 2. The minimum atomic E-state index is 1.07. The summed E-state index contributed by atoms with van der Waals surface area (Å²) in [6, 6.07) is 8.85. The van der Waals surface area contributed by atoms with E-state index < -0.39 is 0 Å². The van der Waals surface area contributed by atoms with Crippen LogP contribution in [0.5, 0.6) is 0 Å². The van der Waals surface area contributed by atoms with Crippen molar-refractivity contribution in [2.24, 2.45) is 7.05 Å². The summed E-state index contributed by atoms with van der Waals surface area (Å²) in [5.74, 6) is 0. The minimum Gasteiger partial charge on any atom is -0.371 e. The molecule has 100 valence electrons. The third-order valence-electron chi connectivity index (χ3n) is 3.89. The normalized spacial score (nSPS) is 15.1. The zero-order valence-electron chi connectivity index (χ0n) is 11.5. The van der Waals surface area contributed by atoms with E-state index in [1.54, 1.807) is 0 Å². The van der Waals surface area contributed by atoms with Crippen molar-refractivity contribution in [1.82, 2.24) is 9.78 Å². The Hall–Kier alpha value is -1.77. The maximum Gasteiger partial charge on any atom is 0.0522 e. The molecule has 1 aliphatic rings. The molecular weight excluding hydrogens is 234 g/mol. The molecule has 1 aliphatic heterocycles. The smallest absolute Gasteiger partial charge is 0.0522 e. The van der Waals surface area contributed by atoms with Gasteiger partial charge in [0.25, 0.3) is 0 Å². The van der Waals surface area contributed by atoms with Gasteiger partial charge in [-0.1, -0.05) is 18.2 Å². The van der Waals surface area contributed by atoms with Crippen LogP contribution in [0.25, 0.3) is 0 Å². The Balaban J connectivity index is 1.73. The summed E-state index contributed by atoms with van der Waals surface area (Å²) >= 11 is 0. The first-order valence-electron chi connectivity index (χ1n) is 7.13. The first-order chi connectivity index (χ1) is 9.33. The van der Waals surface area contributed by atoms with Crippen LogP contribution in [0.15, 0.2) is 36.7 Å². The average Bonchev–Trinajstić information content (AvgIpc) is 2.73. The summed E-state index contributed by atoms with van der Waals surface area (Å²) in [5.41, 5.74) is 4.26. The van der Waals surface area contributed by atoms with Gasteiger partial charge in [0.1, 0.15) is 0 Å². The standard InChI is InChI=1S/C16H21N3/c1-18-13-14(12-17-18)9-11-19-10-5-4-7-15-6-2-3-8-16(15)19/h2-3,6,8,12-13H,4-5,7,9-11H2,1H3. The highest BCUT2D eigenvalue weighted by Gasteiger charge is 2.14. The molecule has 0 bridgehead atoms. The van der Waals surface area contributed by atoms with Gasteiger partial charge in [0.15, 0.2) is 0 Å². The minimum absolute atomic E-state index is 1.07. The van der Waals surface area contributed by atoms with Gasteiger partial charge in [0.05, 0.1) is 6.20 Å². The molecule has 0 saturated carbocycles. The molecule has 0 aliphatic carbocycles. The molecule has 3 heteroatoms. The number of hydrogen-bond donors (Lipinski definition) is 0. The fourth-order valence-electron chi connectivity index (χ4n) is 2.87. The van der Waals surface area contributed by atoms with Crippen LogP contribution in [-0.4, -0.2) is 22.9 Å². The van der Waals surface area contributed by atoms with Crippen LogP contribution in [-0.2, 0) is 19.9 Å². The van der Waals surface area contributed by atoms with Gasteiger partial charge in [-0.2, -0.15) is 5.10 Å². The second-order valence-electron chi connectivity index (χ2n) is 5.35. The SMILES string of the molecule is Cn1cc(CCN2CCCCc3ccccc32)cn1. The summed E-state index contributed by atoms with van der Waals surface area (Å²) in [4.78, 5) is 2.54. The van der Waals surface area contributed by atoms with Crippen molar-refractivity contribution < 1.29 is 0 Å². The van der Waals surface area contributed by atoms with Gasteiger partial charge in [-0.25, -0.2) is 0 Å². The van der Waals surface area contributed by atoms with Crippen molar-refractivity contribution in [3.05, 3.63) is 47.8 Å². The summed E-state index contributed by atoms with van der Waals surface area (Å²) in [6.07, 6.45) is 8.98. The molecular formula is C16H21N3. The van der Waals surface area contributed by atoms with Crippen molar-refractivity contribution in [2.75, 3.05) is 18.0 Å². The van der Waals surface area contributed by atoms with Crippen LogP contribution in [0.3, 0.4) is 0 Å². The lowest BCUT2D eigenvalue weighted by Gasteiger charge is -2.24. The van der Waals surface area contributed by atoms with Crippen molar-refractivity contribution in [2.45, 2.75) is 25.7 Å². The molecule has 3 nitrogen and oxygen atoms in total. The van der Waals surface area contributed by atoms with Gasteiger partial charge in [0.2, 0.25) is 0 Å². The van der Waals surface area contributed by atoms with E-state index in [1.165, 1.54) is 42.6 Å². The van der Waals surface area contributed by atoms with Gasteiger partial charge < -0.3 is 4.90 Å². The summed E-state index contributed by atoms with van der Waals surface area (Å²) in [6.45, 7) is 2.26. The topological polar surface area (TPSA) is 21.1 Å². The molecule has 0 fully saturated rings. The molecule has 0 radical (unpaired) electrons. The largest absolute Gasteiger partial charge is 0.371 e. The van der Waals surface area contributed by atoms with E-state index in [-0.39, 0.29) is 0 Å². The van der Waals surface area contributed by atoms with Gasteiger partial charge in [-0.15, -0.1) is 0 Å². The predicted molar refractivity (Wildman–Crippen MR) is 78.5 cm³/mol. The van der Waals surface area contributed by atoms with Crippen LogP contribution in [0, 0.1) is 0 Å². The lowest BCUT2D eigenvalue weighted by molar-refractivity contribution is 0.710. The number of nitrogens with zero attached hydrogens (tertiary/aromatic N) is 3. The van der Waals surface area contributed by atoms with Crippen LogP contribution in [0.4, 0.5) is 5.69 Å². The highest BCUT2D eigenvalue weighted by molar-refractivity contribution is 5.54. The van der Waals surface area contributed by atoms with Crippen LogP contribution >= 0.6 is 0 Å². The second-order valence-corrected chi connectivity index (χ2v) is 5.35. The zero-order chi connectivity index (χ0) is 13.1. The molecule has 0 saturated heterocycles. The maximum atomic E-state index is 4.24. The van der Waals surface area contributed by atoms with Gasteiger partial charge in [-0.05, 0) is 42.9 Å². The molecule has 1 aromatic heterocycles. The quantitative estimate of drug-likeness (QED) is 0.841. The number of rotatable bonds is 3. The van der Waals surface area contributed by atoms with Crippen molar-refractivity contribution >= 4 is 5.69 Å². The Morgan fingerprint density at radius 1 is 1.21 bits per heavy atom. The van der Waals surface area contributed by atoms with E-state index in [4.69, 9.17) is 0 Å². The Bertz CT molecular complexity index is 544. The lowest BCUT2D eigenvalue weighted by Crippen LogP contribution is -2.26. The van der Waals surface area contributed by atoms with Crippen LogP contribution in [0.1, 0.15) is 24.0 Å². The Morgan fingerprint density at radius 3 is 2.95 bits per heavy atom. The Kier molecular flexibility index (Phi) is 3.53. The van der Waals surface area contributed by atoms with E-state index in [0.29, 0.717) is 0 Å². The molecule has 0 unspecified atom stereocenters.